The number of amides is 1. The second-order valence-corrected chi connectivity index (χ2v) is 9.01. The number of carbonyl (C=O) groups excluding carboxylic acids is 1. The van der Waals surface area contributed by atoms with Crippen LogP contribution >= 0.6 is 23.2 Å². The number of hydrogen-bond donors (Lipinski definition) is 1. The first-order valence-corrected chi connectivity index (χ1v) is 9.48. The summed E-state index contributed by atoms with van der Waals surface area (Å²) in [6.07, 6.45) is 2.34. The molecule has 1 aliphatic carbocycles. The smallest absolute Gasteiger partial charge is 0.410 e. The van der Waals surface area contributed by atoms with Gasteiger partial charge in [-0.15, -0.1) is 0 Å². The molecule has 3 atom stereocenters. The van der Waals surface area contributed by atoms with E-state index in [9.17, 15) is 9.90 Å². The van der Waals surface area contributed by atoms with E-state index in [1.54, 1.807) is 4.90 Å². The molecule has 0 radical (unpaired) electrons. The molecule has 0 aromatic heterocycles. The van der Waals surface area contributed by atoms with Crippen molar-refractivity contribution in [1.82, 2.24) is 4.90 Å². The molecule has 6 heteroatoms. The first kappa shape index (κ1) is 18.8. The van der Waals surface area contributed by atoms with Crippen molar-refractivity contribution in [2.45, 2.75) is 57.1 Å². The molecule has 1 aromatic carbocycles. The van der Waals surface area contributed by atoms with Crippen molar-refractivity contribution in [3.05, 3.63) is 33.8 Å². The van der Waals surface area contributed by atoms with Gasteiger partial charge in [-0.25, -0.2) is 4.79 Å². The van der Waals surface area contributed by atoms with E-state index in [0.29, 0.717) is 16.6 Å². The number of nitrogens with zero attached hydrogens (tertiary/aromatic N) is 1. The Hall–Kier alpha value is -0.970. The SMILES string of the molecule is CC(C)(C)OC(=O)N1C[C@@H](CO)[C@@]2(c3ccc(Cl)c(Cl)c3)CC[C@@H]1C2. The standard InChI is InChI=1S/C19H25Cl2NO3/c1-18(2,3)25-17(24)22-10-13(11-23)19(7-6-14(22)9-19)12-4-5-15(20)16(21)8-12/h4-5,8,13-14,23H,6-7,9-11H2,1-3H3/t13-,14+,19-/m0/s1. The third-order valence-corrected chi connectivity index (χ3v) is 6.24. The summed E-state index contributed by atoms with van der Waals surface area (Å²) in [5.41, 5.74) is 0.418. The number of halogens is 2. The maximum Gasteiger partial charge on any atom is 0.410 e. The number of likely N-dealkylation sites (tertiary alicyclic amines) is 1. The topological polar surface area (TPSA) is 49.8 Å². The molecule has 1 amide bonds. The average molecular weight is 386 g/mol. The Morgan fingerprint density at radius 3 is 2.68 bits per heavy atom. The van der Waals surface area contributed by atoms with Gasteiger partial charge in [-0.3, -0.25) is 0 Å². The van der Waals surface area contributed by atoms with Crippen LogP contribution < -0.4 is 0 Å². The predicted octanol–water partition coefficient (Wildman–Crippen LogP) is 4.64. The van der Waals surface area contributed by atoms with Crippen molar-refractivity contribution in [3.8, 4) is 0 Å². The highest BCUT2D eigenvalue weighted by molar-refractivity contribution is 6.42. The Bertz CT molecular complexity index is 673. The van der Waals surface area contributed by atoms with Gasteiger partial charge in [0.05, 0.1) is 10.0 Å². The molecular formula is C19H25Cl2NO3. The molecule has 0 spiro atoms. The summed E-state index contributed by atoms with van der Waals surface area (Å²) >= 11 is 12.3. The number of ether oxygens (including phenoxy) is 1. The van der Waals surface area contributed by atoms with Crippen LogP contribution in [0.25, 0.3) is 0 Å². The van der Waals surface area contributed by atoms with Gasteiger partial charge in [-0.2, -0.15) is 0 Å². The Kier molecular flexibility index (Phi) is 5.00. The van der Waals surface area contributed by atoms with E-state index in [1.165, 1.54) is 0 Å². The minimum absolute atomic E-state index is 0.0201. The summed E-state index contributed by atoms with van der Waals surface area (Å²) in [6.45, 7) is 6.12. The fourth-order valence-corrected chi connectivity index (χ4v) is 4.63. The van der Waals surface area contributed by atoms with E-state index in [4.69, 9.17) is 27.9 Å². The van der Waals surface area contributed by atoms with Crippen LogP contribution in [0.3, 0.4) is 0 Å². The van der Waals surface area contributed by atoms with E-state index in [1.807, 2.05) is 39.0 Å². The zero-order valence-electron chi connectivity index (χ0n) is 14.9. The van der Waals surface area contributed by atoms with Crippen molar-refractivity contribution in [2.75, 3.05) is 13.2 Å². The maximum absolute atomic E-state index is 12.6. The number of benzene rings is 1. The van der Waals surface area contributed by atoms with E-state index in [0.717, 1.165) is 24.8 Å². The molecule has 1 aromatic rings. The zero-order chi connectivity index (χ0) is 18.4. The van der Waals surface area contributed by atoms with Gasteiger partial charge in [-0.05, 0) is 57.7 Å². The van der Waals surface area contributed by atoms with Gasteiger partial charge in [-0.1, -0.05) is 29.3 Å². The highest BCUT2D eigenvalue weighted by atomic mass is 35.5. The largest absolute Gasteiger partial charge is 0.444 e. The lowest BCUT2D eigenvalue weighted by Gasteiger charge is -2.45. The molecular weight excluding hydrogens is 361 g/mol. The summed E-state index contributed by atoms with van der Waals surface area (Å²) in [5.74, 6) is -0.0454. The van der Waals surface area contributed by atoms with Crippen molar-refractivity contribution < 1.29 is 14.6 Å². The predicted molar refractivity (Wildman–Crippen MR) is 99.3 cm³/mol. The van der Waals surface area contributed by atoms with Gasteiger partial charge >= 0.3 is 6.09 Å². The van der Waals surface area contributed by atoms with Gasteiger partial charge in [0, 0.05) is 30.5 Å². The monoisotopic (exact) mass is 385 g/mol. The number of aliphatic hydroxyl groups is 1. The van der Waals surface area contributed by atoms with E-state index >= 15 is 0 Å². The number of fused-ring (bicyclic) bond motifs is 2. The van der Waals surface area contributed by atoms with Crippen LogP contribution in [-0.4, -0.2) is 40.9 Å². The number of rotatable bonds is 2. The second kappa shape index (κ2) is 6.64. The second-order valence-electron chi connectivity index (χ2n) is 8.19. The first-order valence-electron chi connectivity index (χ1n) is 8.72. The molecule has 2 aliphatic rings. The molecule has 138 valence electrons. The Morgan fingerprint density at radius 2 is 2.08 bits per heavy atom. The molecule has 1 heterocycles. The third-order valence-electron chi connectivity index (χ3n) is 5.51. The average Bonchev–Trinajstić information content (AvgIpc) is 2.89. The molecule has 1 aliphatic heterocycles. The van der Waals surface area contributed by atoms with Gasteiger partial charge in [0.1, 0.15) is 5.60 Å². The summed E-state index contributed by atoms with van der Waals surface area (Å²) < 4.78 is 5.56. The lowest BCUT2D eigenvalue weighted by molar-refractivity contribution is -0.00625. The molecule has 4 nitrogen and oxygen atoms in total. The van der Waals surface area contributed by atoms with Crippen molar-refractivity contribution in [1.29, 1.82) is 0 Å². The summed E-state index contributed by atoms with van der Waals surface area (Å²) in [6, 6.07) is 5.86. The molecule has 3 rings (SSSR count). The summed E-state index contributed by atoms with van der Waals surface area (Å²) in [7, 11) is 0. The van der Waals surface area contributed by atoms with Crippen LogP contribution in [0, 0.1) is 5.92 Å². The summed E-state index contributed by atoms with van der Waals surface area (Å²) in [4.78, 5) is 14.4. The number of carbonyl (C=O) groups is 1. The third kappa shape index (κ3) is 3.49. The Balaban J connectivity index is 1.88. The lowest BCUT2D eigenvalue weighted by Crippen LogP contribution is -2.53. The molecule has 2 bridgehead atoms. The normalized spacial score (nSPS) is 29.0. The van der Waals surface area contributed by atoms with Crippen LogP contribution in [0.2, 0.25) is 10.0 Å². The summed E-state index contributed by atoms with van der Waals surface area (Å²) in [5, 5.41) is 11.1. The number of piperidine rings is 1. The Labute approximate surface area is 159 Å². The van der Waals surface area contributed by atoms with Gasteiger partial charge in [0.25, 0.3) is 0 Å². The molecule has 25 heavy (non-hydrogen) atoms. The number of hydrogen-bond acceptors (Lipinski definition) is 3. The van der Waals surface area contributed by atoms with Gasteiger partial charge < -0.3 is 14.7 Å². The van der Waals surface area contributed by atoms with Crippen LogP contribution in [0.4, 0.5) is 4.79 Å². The highest BCUT2D eigenvalue weighted by Crippen LogP contribution is 2.52. The molecule has 1 saturated heterocycles. The van der Waals surface area contributed by atoms with Gasteiger partial charge in [0.15, 0.2) is 0 Å². The number of aliphatic hydroxyl groups excluding tert-OH is 1. The van der Waals surface area contributed by atoms with Crippen LogP contribution in [-0.2, 0) is 10.2 Å². The molecule has 1 saturated carbocycles. The Morgan fingerprint density at radius 1 is 1.36 bits per heavy atom. The van der Waals surface area contributed by atoms with Crippen LogP contribution in [0.1, 0.15) is 45.6 Å². The maximum atomic E-state index is 12.6. The van der Waals surface area contributed by atoms with E-state index < -0.39 is 5.60 Å². The fourth-order valence-electron chi connectivity index (χ4n) is 4.33. The molecule has 1 N–H and O–H groups in total. The van der Waals surface area contributed by atoms with Crippen molar-refractivity contribution in [2.24, 2.45) is 5.92 Å². The minimum atomic E-state index is -0.525. The molecule has 2 fully saturated rings. The van der Waals surface area contributed by atoms with Crippen molar-refractivity contribution in [3.63, 3.8) is 0 Å². The van der Waals surface area contributed by atoms with Crippen molar-refractivity contribution >= 4 is 29.3 Å². The van der Waals surface area contributed by atoms with Crippen LogP contribution in [0.5, 0.6) is 0 Å². The van der Waals surface area contributed by atoms with E-state index in [-0.39, 0.29) is 30.1 Å². The highest BCUT2D eigenvalue weighted by Gasteiger charge is 2.53. The van der Waals surface area contributed by atoms with Crippen LogP contribution in [0.15, 0.2) is 18.2 Å². The van der Waals surface area contributed by atoms with E-state index in [2.05, 4.69) is 0 Å². The molecule has 0 unspecified atom stereocenters. The minimum Gasteiger partial charge on any atom is -0.444 e. The van der Waals surface area contributed by atoms with Gasteiger partial charge in [0.2, 0.25) is 0 Å². The lowest BCUT2D eigenvalue weighted by atomic mass is 9.67. The first-order chi connectivity index (χ1) is 11.7. The zero-order valence-corrected chi connectivity index (χ0v) is 16.4. The quantitative estimate of drug-likeness (QED) is 0.806. The fraction of sp³-hybridized carbons (Fsp3) is 0.632.